The van der Waals surface area contributed by atoms with Crippen LogP contribution in [0.2, 0.25) is 0 Å². The summed E-state index contributed by atoms with van der Waals surface area (Å²) in [4.78, 5) is 27.1. The van der Waals surface area contributed by atoms with Crippen LogP contribution >= 0.6 is 0 Å². The fourth-order valence-corrected chi connectivity index (χ4v) is 2.71. The van der Waals surface area contributed by atoms with Crippen LogP contribution in [0, 0.1) is 5.41 Å². The van der Waals surface area contributed by atoms with Gasteiger partial charge in [0.2, 0.25) is 5.91 Å². The maximum atomic E-state index is 12.6. The minimum absolute atomic E-state index is 0.0767. The number of ether oxygens (including phenoxy) is 1. The number of carbonyl (C=O) groups excluding carboxylic acids is 2. The SMILES string of the molecule is COCCNC(=O)c1cc(NC(=O)C(C)(C)C)ccc1N1CCCC1. The Balaban J connectivity index is 2.25. The fourth-order valence-electron chi connectivity index (χ4n) is 2.71. The standard InChI is InChI=1S/C19H29N3O3/c1-19(2,3)18(24)21-14-7-8-16(22-10-5-6-11-22)15(13-14)17(23)20-9-12-25-4/h7-8,13H,5-6,9-12H2,1-4H3,(H,20,23)(H,21,24). The molecule has 138 valence electrons. The lowest BCUT2D eigenvalue weighted by molar-refractivity contribution is -0.123. The largest absolute Gasteiger partial charge is 0.383 e. The molecule has 6 nitrogen and oxygen atoms in total. The van der Waals surface area contributed by atoms with Gasteiger partial charge in [-0.2, -0.15) is 0 Å². The van der Waals surface area contributed by atoms with E-state index in [0.29, 0.717) is 24.4 Å². The van der Waals surface area contributed by atoms with Crippen LogP contribution in [0.1, 0.15) is 44.0 Å². The van der Waals surface area contributed by atoms with Crippen molar-refractivity contribution in [2.45, 2.75) is 33.6 Å². The highest BCUT2D eigenvalue weighted by molar-refractivity contribution is 6.02. The van der Waals surface area contributed by atoms with Gasteiger partial charge in [0, 0.05) is 43.5 Å². The number of benzene rings is 1. The van der Waals surface area contributed by atoms with Crippen molar-refractivity contribution in [3.63, 3.8) is 0 Å². The molecule has 1 aromatic rings. The molecule has 0 aromatic heterocycles. The predicted octanol–water partition coefficient (Wildman–Crippen LogP) is 2.65. The number of nitrogens with one attached hydrogen (secondary N) is 2. The first-order valence-corrected chi connectivity index (χ1v) is 8.80. The first-order valence-electron chi connectivity index (χ1n) is 8.80. The molecule has 1 heterocycles. The molecule has 25 heavy (non-hydrogen) atoms. The molecule has 1 fully saturated rings. The summed E-state index contributed by atoms with van der Waals surface area (Å²) in [6.45, 7) is 8.40. The molecular weight excluding hydrogens is 318 g/mol. The van der Waals surface area contributed by atoms with E-state index in [1.165, 1.54) is 0 Å². The third-order valence-corrected chi connectivity index (χ3v) is 4.22. The second kappa shape index (κ2) is 8.34. The van der Waals surface area contributed by atoms with Gasteiger partial charge in [0.05, 0.1) is 12.2 Å². The van der Waals surface area contributed by atoms with Crippen molar-refractivity contribution in [3.8, 4) is 0 Å². The van der Waals surface area contributed by atoms with E-state index in [-0.39, 0.29) is 11.8 Å². The molecule has 1 aromatic carbocycles. The average Bonchev–Trinajstić information content (AvgIpc) is 3.08. The Morgan fingerprint density at radius 1 is 1.20 bits per heavy atom. The van der Waals surface area contributed by atoms with Gasteiger partial charge in [-0.05, 0) is 31.0 Å². The van der Waals surface area contributed by atoms with Crippen molar-refractivity contribution in [1.82, 2.24) is 5.32 Å². The van der Waals surface area contributed by atoms with E-state index in [2.05, 4.69) is 15.5 Å². The number of carbonyl (C=O) groups is 2. The second-order valence-corrected chi connectivity index (χ2v) is 7.38. The van der Waals surface area contributed by atoms with Crippen LogP contribution in [-0.2, 0) is 9.53 Å². The van der Waals surface area contributed by atoms with Crippen molar-refractivity contribution < 1.29 is 14.3 Å². The average molecular weight is 347 g/mol. The van der Waals surface area contributed by atoms with Crippen LogP contribution in [-0.4, -0.2) is 45.2 Å². The van der Waals surface area contributed by atoms with E-state index in [1.54, 1.807) is 13.2 Å². The van der Waals surface area contributed by atoms with Crippen molar-refractivity contribution in [3.05, 3.63) is 23.8 Å². The zero-order valence-corrected chi connectivity index (χ0v) is 15.6. The topological polar surface area (TPSA) is 70.7 Å². The summed E-state index contributed by atoms with van der Waals surface area (Å²) < 4.78 is 4.99. The van der Waals surface area contributed by atoms with E-state index >= 15 is 0 Å². The van der Waals surface area contributed by atoms with Crippen molar-refractivity contribution in [2.24, 2.45) is 5.41 Å². The summed E-state index contributed by atoms with van der Waals surface area (Å²) in [6.07, 6.45) is 2.26. The highest BCUT2D eigenvalue weighted by atomic mass is 16.5. The van der Waals surface area contributed by atoms with Crippen LogP contribution < -0.4 is 15.5 Å². The molecule has 2 N–H and O–H groups in total. The molecule has 2 rings (SSSR count). The van der Waals surface area contributed by atoms with E-state index in [0.717, 1.165) is 31.6 Å². The smallest absolute Gasteiger partial charge is 0.253 e. The van der Waals surface area contributed by atoms with Gasteiger partial charge in [0.1, 0.15) is 0 Å². The zero-order chi connectivity index (χ0) is 18.4. The van der Waals surface area contributed by atoms with E-state index in [9.17, 15) is 9.59 Å². The number of hydrogen-bond donors (Lipinski definition) is 2. The number of amides is 2. The lowest BCUT2D eigenvalue weighted by atomic mass is 9.95. The minimum atomic E-state index is -0.492. The molecule has 0 radical (unpaired) electrons. The predicted molar refractivity (Wildman–Crippen MR) is 100 cm³/mol. The third-order valence-electron chi connectivity index (χ3n) is 4.22. The summed E-state index contributed by atoms with van der Waals surface area (Å²) in [5, 5.41) is 5.77. The van der Waals surface area contributed by atoms with Crippen LogP contribution in [0.15, 0.2) is 18.2 Å². The quantitative estimate of drug-likeness (QED) is 0.776. The van der Waals surface area contributed by atoms with Crippen molar-refractivity contribution >= 4 is 23.2 Å². The summed E-state index contributed by atoms with van der Waals surface area (Å²) in [6, 6.07) is 5.55. The first-order chi connectivity index (χ1) is 11.8. The van der Waals surface area contributed by atoms with Crippen LogP contribution in [0.3, 0.4) is 0 Å². The molecule has 0 unspecified atom stereocenters. The van der Waals surface area contributed by atoms with Crippen LogP contribution in [0.25, 0.3) is 0 Å². The molecule has 0 atom stereocenters. The molecule has 2 amide bonds. The Morgan fingerprint density at radius 3 is 2.48 bits per heavy atom. The molecule has 0 saturated carbocycles. The Kier molecular flexibility index (Phi) is 6.42. The Hall–Kier alpha value is -2.08. The first kappa shape index (κ1) is 19.2. The van der Waals surface area contributed by atoms with Crippen LogP contribution in [0.5, 0.6) is 0 Å². The van der Waals surface area contributed by atoms with Crippen molar-refractivity contribution in [1.29, 1.82) is 0 Å². The number of nitrogens with zero attached hydrogens (tertiary/aromatic N) is 1. The third kappa shape index (κ3) is 5.19. The lowest BCUT2D eigenvalue weighted by Crippen LogP contribution is -2.30. The van der Waals surface area contributed by atoms with Gasteiger partial charge >= 0.3 is 0 Å². The van der Waals surface area contributed by atoms with E-state index in [4.69, 9.17) is 4.74 Å². The van der Waals surface area contributed by atoms with E-state index < -0.39 is 5.41 Å². The highest BCUT2D eigenvalue weighted by Crippen LogP contribution is 2.28. The number of hydrogen-bond acceptors (Lipinski definition) is 4. The lowest BCUT2D eigenvalue weighted by Gasteiger charge is -2.23. The van der Waals surface area contributed by atoms with E-state index in [1.807, 2.05) is 32.9 Å². The second-order valence-electron chi connectivity index (χ2n) is 7.38. The van der Waals surface area contributed by atoms with Gasteiger partial charge in [0.15, 0.2) is 0 Å². The molecule has 1 aliphatic heterocycles. The molecule has 1 aliphatic rings. The Labute approximate surface area is 149 Å². The Morgan fingerprint density at radius 2 is 1.88 bits per heavy atom. The molecule has 1 saturated heterocycles. The summed E-state index contributed by atoms with van der Waals surface area (Å²) in [5.74, 6) is -0.224. The van der Waals surface area contributed by atoms with Gasteiger partial charge < -0.3 is 20.3 Å². The maximum Gasteiger partial charge on any atom is 0.253 e. The number of methoxy groups -OCH3 is 1. The Bertz CT molecular complexity index is 617. The molecule has 0 spiro atoms. The minimum Gasteiger partial charge on any atom is -0.383 e. The van der Waals surface area contributed by atoms with Gasteiger partial charge in [-0.1, -0.05) is 20.8 Å². The highest BCUT2D eigenvalue weighted by Gasteiger charge is 2.23. The maximum absolute atomic E-state index is 12.6. The molecular formula is C19H29N3O3. The number of anilines is 2. The van der Waals surface area contributed by atoms with Gasteiger partial charge in [-0.25, -0.2) is 0 Å². The number of rotatable bonds is 6. The van der Waals surface area contributed by atoms with Crippen molar-refractivity contribution in [2.75, 3.05) is 43.6 Å². The molecule has 0 aliphatic carbocycles. The van der Waals surface area contributed by atoms with Gasteiger partial charge in [0.25, 0.3) is 5.91 Å². The zero-order valence-electron chi connectivity index (χ0n) is 15.6. The monoisotopic (exact) mass is 347 g/mol. The normalized spacial score (nSPS) is 14.5. The summed E-state index contributed by atoms with van der Waals surface area (Å²) in [7, 11) is 1.60. The van der Waals surface area contributed by atoms with Gasteiger partial charge in [-0.3, -0.25) is 9.59 Å². The fraction of sp³-hybridized carbons (Fsp3) is 0.579. The van der Waals surface area contributed by atoms with Crippen LogP contribution in [0.4, 0.5) is 11.4 Å². The summed E-state index contributed by atoms with van der Waals surface area (Å²) in [5.41, 5.74) is 1.65. The summed E-state index contributed by atoms with van der Waals surface area (Å²) >= 11 is 0. The van der Waals surface area contributed by atoms with Gasteiger partial charge in [-0.15, -0.1) is 0 Å². The molecule has 6 heteroatoms. The molecule has 0 bridgehead atoms.